The van der Waals surface area contributed by atoms with Gasteiger partial charge in [-0.05, 0) is 38.1 Å². The minimum Gasteiger partial charge on any atom is -0.492 e. The van der Waals surface area contributed by atoms with Crippen molar-refractivity contribution in [2.24, 2.45) is 0 Å². The van der Waals surface area contributed by atoms with Gasteiger partial charge < -0.3 is 10.1 Å². The maximum atomic E-state index is 12.5. The third-order valence-corrected chi connectivity index (χ3v) is 5.29. The summed E-state index contributed by atoms with van der Waals surface area (Å²) in [6, 6.07) is 19.3. The van der Waals surface area contributed by atoms with Crippen LogP contribution in [0.4, 0.5) is 5.69 Å². The standard InChI is InChI=1S/C22H21N5O2S/c1-3-29-19-7-5-4-6-18(19)23-21(28)14-30-22-25-24-20-13-12-17(26-27(20)22)16-10-8-15(2)9-11-16/h4-13H,3,14H2,1-2H3,(H,23,28). The highest BCUT2D eigenvalue weighted by atomic mass is 32.2. The van der Waals surface area contributed by atoms with Gasteiger partial charge in [-0.3, -0.25) is 4.79 Å². The molecule has 0 saturated carbocycles. The van der Waals surface area contributed by atoms with Gasteiger partial charge in [0.25, 0.3) is 0 Å². The number of anilines is 1. The first-order valence-corrected chi connectivity index (χ1v) is 10.6. The summed E-state index contributed by atoms with van der Waals surface area (Å²) in [7, 11) is 0. The van der Waals surface area contributed by atoms with Crippen molar-refractivity contribution in [3.63, 3.8) is 0 Å². The number of aryl methyl sites for hydroxylation is 1. The predicted octanol–water partition coefficient (Wildman–Crippen LogP) is 4.23. The Morgan fingerprint density at radius 1 is 1.07 bits per heavy atom. The first kappa shape index (κ1) is 19.9. The van der Waals surface area contributed by atoms with E-state index in [2.05, 4.69) is 20.6 Å². The normalized spacial score (nSPS) is 10.9. The molecule has 1 amide bonds. The molecule has 0 aliphatic carbocycles. The molecule has 8 heteroatoms. The van der Waals surface area contributed by atoms with Crippen LogP contribution in [-0.4, -0.2) is 38.1 Å². The molecule has 7 nitrogen and oxygen atoms in total. The predicted molar refractivity (Wildman–Crippen MR) is 118 cm³/mol. The second kappa shape index (κ2) is 8.96. The minimum atomic E-state index is -0.154. The molecule has 152 valence electrons. The number of hydrogen-bond acceptors (Lipinski definition) is 6. The van der Waals surface area contributed by atoms with Crippen LogP contribution in [0, 0.1) is 6.92 Å². The highest BCUT2D eigenvalue weighted by Crippen LogP contribution is 2.25. The molecule has 0 radical (unpaired) electrons. The molecule has 0 atom stereocenters. The van der Waals surface area contributed by atoms with Crippen LogP contribution in [0.25, 0.3) is 16.9 Å². The lowest BCUT2D eigenvalue weighted by molar-refractivity contribution is -0.113. The Morgan fingerprint density at radius 3 is 2.67 bits per heavy atom. The molecule has 0 fully saturated rings. The third kappa shape index (κ3) is 4.44. The zero-order valence-corrected chi connectivity index (χ0v) is 17.5. The average Bonchev–Trinajstić information content (AvgIpc) is 3.17. The van der Waals surface area contributed by atoms with E-state index in [-0.39, 0.29) is 11.7 Å². The quantitative estimate of drug-likeness (QED) is 0.452. The van der Waals surface area contributed by atoms with Crippen molar-refractivity contribution >= 4 is 29.0 Å². The molecule has 0 bridgehead atoms. The number of carbonyl (C=O) groups excluding carboxylic acids is 1. The molecular formula is C22H21N5O2S. The summed E-state index contributed by atoms with van der Waals surface area (Å²) in [5, 5.41) is 16.4. The van der Waals surface area contributed by atoms with E-state index < -0.39 is 0 Å². The summed E-state index contributed by atoms with van der Waals surface area (Å²) >= 11 is 1.28. The van der Waals surface area contributed by atoms with Crippen molar-refractivity contribution in [3.05, 3.63) is 66.2 Å². The van der Waals surface area contributed by atoms with Crippen LogP contribution in [0.2, 0.25) is 0 Å². The van der Waals surface area contributed by atoms with Gasteiger partial charge in [-0.25, -0.2) is 0 Å². The molecule has 0 aliphatic rings. The van der Waals surface area contributed by atoms with Crippen molar-refractivity contribution in [3.8, 4) is 17.0 Å². The molecule has 2 aromatic heterocycles. The van der Waals surface area contributed by atoms with E-state index >= 15 is 0 Å². The first-order chi connectivity index (χ1) is 14.6. The van der Waals surface area contributed by atoms with Crippen molar-refractivity contribution < 1.29 is 9.53 Å². The Labute approximate surface area is 178 Å². The molecule has 2 heterocycles. The van der Waals surface area contributed by atoms with Crippen LogP contribution < -0.4 is 10.1 Å². The van der Waals surface area contributed by atoms with Gasteiger partial charge in [0.15, 0.2) is 5.65 Å². The fraction of sp³-hybridized carbons (Fsp3) is 0.182. The Bertz CT molecular complexity index is 1170. The topological polar surface area (TPSA) is 81.4 Å². The van der Waals surface area contributed by atoms with Crippen LogP contribution in [0.5, 0.6) is 5.75 Å². The van der Waals surface area contributed by atoms with Crippen LogP contribution >= 0.6 is 11.8 Å². The van der Waals surface area contributed by atoms with Crippen LogP contribution in [0.1, 0.15) is 12.5 Å². The largest absolute Gasteiger partial charge is 0.492 e. The molecule has 30 heavy (non-hydrogen) atoms. The van der Waals surface area contributed by atoms with Crippen LogP contribution in [0.3, 0.4) is 0 Å². The Morgan fingerprint density at radius 2 is 1.87 bits per heavy atom. The lowest BCUT2D eigenvalue weighted by atomic mass is 10.1. The summed E-state index contributed by atoms with van der Waals surface area (Å²) < 4.78 is 7.22. The number of benzene rings is 2. The van der Waals surface area contributed by atoms with Crippen molar-refractivity contribution in [1.29, 1.82) is 0 Å². The molecular weight excluding hydrogens is 398 g/mol. The zero-order valence-electron chi connectivity index (χ0n) is 16.7. The number of aromatic nitrogens is 4. The Kier molecular flexibility index (Phi) is 5.94. The molecule has 4 rings (SSSR count). The van der Waals surface area contributed by atoms with Gasteiger partial charge in [-0.2, -0.15) is 9.61 Å². The van der Waals surface area contributed by atoms with Gasteiger partial charge in [-0.15, -0.1) is 10.2 Å². The van der Waals surface area contributed by atoms with Gasteiger partial charge in [0.1, 0.15) is 5.75 Å². The van der Waals surface area contributed by atoms with Crippen molar-refractivity contribution in [2.75, 3.05) is 17.7 Å². The summed E-state index contributed by atoms with van der Waals surface area (Å²) in [6.45, 7) is 4.48. The van der Waals surface area contributed by atoms with Crippen molar-refractivity contribution in [1.82, 2.24) is 19.8 Å². The summed E-state index contributed by atoms with van der Waals surface area (Å²) in [5.74, 6) is 0.673. The molecule has 0 aliphatic heterocycles. The Hall–Kier alpha value is -3.39. The third-order valence-electron chi connectivity index (χ3n) is 4.37. The molecule has 4 aromatic rings. The van der Waals surface area contributed by atoms with Crippen molar-refractivity contribution in [2.45, 2.75) is 19.0 Å². The minimum absolute atomic E-state index is 0.154. The van der Waals surface area contributed by atoms with Crippen LogP contribution in [-0.2, 0) is 4.79 Å². The van der Waals surface area contributed by atoms with Gasteiger partial charge in [0.2, 0.25) is 11.1 Å². The second-order valence-electron chi connectivity index (χ2n) is 6.60. The number of amides is 1. The fourth-order valence-corrected chi connectivity index (χ4v) is 3.59. The van der Waals surface area contributed by atoms with Gasteiger partial charge in [0.05, 0.1) is 23.7 Å². The monoisotopic (exact) mass is 419 g/mol. The van der Waals surface area contributed by atoms with E-state index in [1.807, 2.05) is 74.5 Å². The van der Waals surface area contributed by atoms with Gasteiger partial charge in [0, 0.05) is 5.56 Å². The van der Waals surface area contributed by atoms with Gasteiger partial charge >= 0.3 is 0 Å². The fourth-order valence-electron chi connectivity index (χ4n) is 2.91. The summed E-state index contributed by atoms with van der Waals surface area (Å²) in [6.07, 6.45) is 0. The first-order valence-electron chi connectivity index (χ1n) is 9.58. The molecule has 2 aromatic carbocycles. The molecule has 0 spiro atoms. The number of carbonyl (C=O) groups is 1. The second-order valence-corrected chi connectivity index (χ2v) is 7.55. The zero-order chi connectivity index (χ0) is 20.9. The number of ether oxygens (including phenoxy) is 1. The number of nitrogens with zero attached hydrogens (tertiary/aromatic N) is 4. The molecule has 1 N–H and O–H groups in total. The highest BCUT2D eigenvalue weighted by molar-refractivity contribution is 7.99. The van der Waals surface area contributed by atoms with E-state index in [9.17, 15) is 4.79 Å². The SMILES string of the molecule is CCOc1ccccc1NC(=O)CSc1nnc2ccc(-c3ccc(C)cc3)nn12. The Balaban J connectivity index is 1.48. The van der Waals surface area contributed by atoms with E-state index in [1.54, 1.807) is 4.52 Å². The molecule has 0 unspecified atom stereocenters. The van der Waals surface area contributed by atoms with E-state index in [0.29, 0.717) is 28.8 Å². The molecule has 0 saturated heterocycles. The lowest BCUT2D eigenvalue weighted by Gasteiger charge is -2.10. The number of hydrogen-bond donors (Lipinski definition) is 1. The van der Waals surface area contributed by atoms with E-state index in [0.717, 1.165) is 11.3 Å². The number of rotatable bonds is 7. The summed E-state index contributed by atoms with van der Waals surface area (Å²) in [5.41, 5.74) is 4.31. The number of thioether (sulfide) groups is 1. The van der Waals surface area contributed by atoms with Crippen LogP contribution in [0.15, 0.2) is 65.8 Å². The maximum absolute atomic E-state index is 12.5. The number of fused-ring (bicyclic) bond motifs is 1. The number of nitrogens with one attached hydrogen (secondary N) is 1. The van der Waals surface area contributed by atoms with E-state index in [1.165, 1.54) is 17.3 Å². The van der Waals surface area contributed by atoms with E-state index in [4.69, 9.17) is 4.74 Å². The summed E-state index contributed by atoms with van der Waals surface area (Å²) in [4.78, 5) is 12.5. The smallest absolute Gasteiger partial charge is 0.234 e. The highest BCUT2D eigenvalue weighted by Gasteiger charge is 2.13. The average molecular weight is 420 g/mol. The number of para-hydroxylation sites is 2. The lowest BCUT2D eigenvalue weighted by Crippen LogP contribution is -2.15. The van der Waals surface area contributed by atoms with Gasteiger partial charge in [-0.1, -0.05) is 53.7 Å². The maximum Gasteiger partial charge on any atom is 0.234 e.